The van der Waals surface area contributed by atoms with E-state index in [9.17, 15) is 18.0 Å². The number of benzene rings is 2. The highest BCUT2D eigenvalue weighted by molar-refractivity contribution is 7.89. The molecule has 0 bridgehead atoms. The Hall–Kier alpha value is -2.75. The van der Waals surface area contributed by atoms with Crippen molar-refractivity contribution in [2.75, 3.05) is 26.3 Å². The van der Waals surface area contributed by atoms with Crippen LogP contribution >= 0.6 is 0 Å². The smallest absolute Gasteiger partial charge is 0.242 e. The first-order chi connectivity index (χ1) is 16.8. The highest BCUT2D eigenvalue weighted by Crippen LogP contribution is 2.15. The molecule has 9 heteroatoms. The van der Waals surface area contributed by atoms with E-state index in [1.807, 2.05) is 37.3 Å². The zero-order valence-corrected chi connectivity index (χ0v) is 21.6. The summed E-state index contributed by atoms with van der Waals surface area (Å²) in [5.74, 6) is -0.348. The molecule has 0 aliphatic carbocycles. The van der Waals surface area contributed by atoms with Crippen LogP contribution in [-0.2, 0) is 37.3 Å². The lowest BCUT2D eigenvalue weighted by molar-refractivity contribution is -0.140. The largest absolute Gasteiger partial charge is 0.382 e. The van der Waals surface area contributed by atoms with E-state index in [-0.39, 0.29) is 23.1 Å². The fourth-order valence-corrected chi connectivity index (χ4v) is 4.59. The number of carbonyl (C=O) groups is 2. The summed E-state index contributed by atoms with van der Waals surface area (Å²) in [4.78, 5) is 27.8. The van der Waals surface area contributed by atoms with E-state index in [0.717, 1.165) is 11.1 Å². The maximum atomic E-state index is 13.2. The first kappa shape index (κ1) is 28.5. The second-order valence-electron chi connectivity index (χ2n) is 8.17. The molecule has 2 aromatic rings. The molecule has 0 aliphatic heterocycles. The maximum absolute atomic E-state index is 13.2. The van der Waals surface area contributed by atoms with Gasteiger partial charge in [0.25, 0.3) is 0 Å². The summed E-state index contributed by atoms with van der Waals surface area (Å²) in [6, 6.07) is 15.4. The van der Waals surface area contributed by atoms with Gasteiger partial charge in [-0.3, -0.25) is 9.59 Å². The molecule has 0 saturated carbocycles. The van der Waals surface area contributed by atoms with Gasteiger partial charge < -0.3 is 15.0 Å². The number of nitrogens with one attached hydrogen (secondary N) is 2. The summed E-state index contributed by atoms with van der Waals surface area (Å²) in [7, 11) is -3.52. The molecular formula is C26H37N3O5S. The van der Waals surface area contributed by atoms with Crippen LogP contribution in [0.15, 0.2) is 59.5 Å². The standard InChI is InChI=1S/C26H37N3O5S/c1-4-28-35(32,33)24-15-12-22(13-16-24)14-17-25(30)29(20-23-10-7-6-8-11-23)21(3)26(31)27-18-9-19-34-5-2/h6-8,10-13,15-16,21,28H,4-5,9,14,17-20H2,1-3H3,(H,27,31)/t21-/m0/s1. The van der Waals surface area contributed by atoms with E-state index >= 15 is 0 Å². The number of sulfonamides is 1. The fraction of sp³-hybridized carbons (Fsp3) is 0.462. The molecule has 8 nitrogen and oxygen atoms in total. The average molecular weight is 504 g/mol. The van der Waals surface area contributed by atoms with Gasteiger partial charge in [-0.25, -0.2) is 13.1 Å². The highest BCUT2D eigenvalue weighted by atomic mass is 32.2. The molecule has 0 saturated heterocycles. The summed E-state index contributed by atoms with van der Waals surface area (Å²) < 4.78 is 32.0. The van der Waals surface area contributed by atoms with Crippen LogP contribution in [0, 0.1) is 0 Å². The summed E-state index contributed by atoms with van der Waals surface area (Å²) >= 11 is 0. The van der Waals surface area contributed by atoms with E-state index < -0.39 is 16.1 Å². The summed E-state index contributed by atoms with van der Waals surface area (Å²) in [5.41, 5.74) is 1.79. The van der Waals surface area contributed by atoms with Gasteiger partial charge in [-0.2, -0.15) is 0 Å². The van der Waals surface area contributed by atoms with Gasteiger partial charge in [0.1, 0.15) is 6.04 Å². The van der Waals surface area contributed by atoms with Gasteiger partial charge in [0.2, 0.25) is 21.8 Å². The van der Waals surface area contributed by atoms with Gasteiger partial charge in [0.05, 0.1) is 4.90 Å². The molecule has 0 aromatic heterocycles. The Morgan fingerprint density at radius 1 is 1.00 bits per heavy atom. The van der Waals surface area contributed by atoms with Gasteiger partial charge in [0, 0.05) is 39.3 Å². The van der Waals surface area contributed by atoms with Crippen molar-refractivity contribution >= 4 is 21.8 Å². The van der Waals surface area contributed by atoms with Crippen molar-refractivity contribution < 1.29 is 22.7 Å². The Bertz CT molecular complexity index is 1030. The third kappa shape index (κ3) is 9.43. The number of hydrogen-bond donors (Lipinski definition) is 2. The van der Waals surface area contributed by atoms with Crippen LogP contribution in [0.2, 0.25) is 0 Å². The van der Waals surface area contributed by atoms with E-state index in [1.165, 1.54) is 12.1 Å². The lowest BCUT2D eigenvalue weighted by Gasteiger charge is -2.29. The molecule has 2 N–H and O–H groups in total. The minimum atomic E-state index is -3.52. The minimum Gasteiger partial charge on any atom is -0.382 e. The number of aryl methyl sites for hydroxylation is 1. The number of rotatable bonds is 15. The van der Waals surface area contributed by atoms with Crippen molar-refractivity contribution in [2.45, 2.75) is 57.5 Å². The molecule has 2 amide bonds. The van der Waals surface area contributed by atoms with Gasteiger partial charge >= 0.3 is 0 Å². The average Bonchev–Trinajstić information content (AvgIpc) is 2.86. The number of nitrogens with zero attached hydrogens (tertiary/aromatic N) is 1. The van der Waals surface area contributed by atoms with Crippen LogP contribution < -0.4 is 10.0 Å². The Morgan fingerprint density at radius 2 is 1.69 bits per heavy atom. The summed E-state index contributed by atoms with van der Waals surface area (Å²) in [6.45, 7) is 7.72. The molecule has 2 rings (SSSR count). The third-order valence-electron chi connectivity index (χ3n) is 5.53. The molecule has 0 spiro atoms. The maximum Gasteiger partial charge on any atom is 0.242 e. The Kier molecular flexibility index (Phi) is 11.9. The second-order valence-corrected chi connectivity index (χ2v) is 9.94. The fourth-order valence-electron chi connectivity index (χ4n) is 3.54. The zero-order chi connectivity index (χ0) is 25.7. The molecule has 0 radical (unpaired) electrons. The predicted octanol–water partition coefficient (Wildman–Crippen LogP) is 2.88. The Morgan fingerprint density at radius 3 is 2.31 bits per heavy atom. The monoisotopic (exact) mass is 503 g/mol. The molecule has 1 atom stereocenters. The van der Waals surface area contributed by atoms with Crippen LogP contribution in [-0.4, -0.2) is 57.5 Å². The van der Waals surface area contributed by atoms with Crippen LogP contribution in [0.3, 0.4) is 0 Å². The summed E-state index contributed by atoms with van der Waals surface area (Å²) in [5, 5.41) is 2.89. The number of carbonyl (C=O) groups excluding carboxylic acids is 2. The second kappa shape index (κ2) is 14.6. The van der Waals surface area contributed by atoms with E-state index in [0.29, 0.717) is 45.7 Å². The number of amides is 2. The Balaban J connectivity index is 2.04. The minimum absolute atomic E-state index is 0.143. The lowest BCUT2D eigenvalue weighted by atomic mass is 10.1. The van der Waals surface area contributed by atoms with E-state index in [4.69, 9.17) is 4.74 Å². The van der Waals surface area contributed by atoms with Gasteiger partial charge in [0.15, 0.2) is 0 Å². The topological polar surface area (TPSA) is 105 Å². The molecule has 0 fully saturated rings. The van der Waals surface area contributed by atoms with Crippen molar-refractivity contribution in [3.05, 3.63) is 65.7 Å². The molecule has 192 valence electrons. The first-order valence-corrected chi connectivity index (χ1v) is 13.5. The van der Waals surface area contributed by atoms with Crippen LogP contribution in [0.25, 0.3) is 0 Å². The Labute approximate surface area is 209 Å². The van der Waals surface area contributed by atoms with Crippen molar-refractivity contribution in [3.63, 3.8) is 0 Å². The molecule has 35 heavy (non-hydrogen) atoms. The van der Waals surface area contributed by atoms with Crippen LogP contribution in [0.5, 0.6) is 0 Å². The van der Waals surface area contributed by atoms with Gasteiger partial charge in [-0.1, -0.05) is 49.4 Å². The van der Waals surface area contributed by atoms with Crippen LogP contribution in [0.1, 0.15) is 44.7 Å². The van der Waals surface area contributed by atoms with E-state index in [1.54, 1.807) is 30.9 Å². The van der Waals surface area contributed by atoms with Crippen molar-refractivity contribution in [1.29, 1.82) is 0 Å². The van der Waals surface area contributed by atoms with Crippen molar-refractivity contribution in [1.82, 2.24) is 14.9 Å². The molecule has 0 unspecified atom stereocenters. The molecule has 0 heterocycles. The molecular weight excluding hydrogens is 466 g/mol. The number of hydrogen-bond acceptors (Lipinski definition) is 5. The van der Waals surface area contributed by atoms with Gasteiger partial charge in [-0.05, 0) is 49.9 Å². The summed E-state index contributed by atoms with van der Waals surface area (Å²) in [6.07, 6.45) is 1.35. The first-order valence-electron chi connectivity index (χ1n) is 12.1. The number of ether oxygens (including phenoxy) is 1. The van der Waals surface area contributed by atoms with E-state index in [2.05, 4.69) is 10.0 Å². The SMILES string of the molecule is CCNS(=O)(=O)c1ccc(CCC(=O)N(Cc2ccccc2)[C@@H](C)C(=O)NCCCOCC)cc1. The lowest BCUT2D eigenvalue weighted by Crippen LogP contribution is -2.48. The zero-order valence-electron chi connectivity index (χ0n) is 20.8. The normalized spacial score (nSPS) is 12.2. The molecule has 0 aliphatic rings. The third-order valence-corrected chi connectivity index (χ3v) is 7.09. The van der Waals surface area contributed by atoms with Gasteiger partial charge in [-0.15, -0.1) is 0 Å². The van der Waals surface area contributed by atoms with Crippen molar-refractivity contribution in [3.8, 4) is 0 Å². The van der Waals surface area contributed by atoms with Crippen molar-refractivity contribution in [2.24, 2.45) is 0 Å². The molecule has 2 aromatic carbocycles. The highest BCUT2D eigenvalue weighted by Gasteiger charge is 2.25. The quantitative estimate of drug-likeness (QED) is 0.364. The van der Waals surface area contributed by atoms with Crippen LogP contribution in [0.4, 0.5) is 0 Å². The predicted molar refractivity (Wildman–Crippen MR) is 136 cm³/mol.